The minimum Gasteiger partial charge on any atom is -0.508 e. The number of hydrogen-bond donors (Lipinski definition) is 2. The van der Waals surface area contributed by atoms with E-state index in [4.69, 9.17) is 23.2 Å². The Balaban J connectivity index is 2.20. The van der Waals surface area contributed by atoms with E-state index in [1.807, 2.05) is 0 Å². The van der Waals surface area contributed by atoms with Gasteiger partial charge in [-0.15, -0.1) is 0 Å². The standard InChI is InChI=1S/C14H10Cl2F3NO/c15-10-1-2-13(21)8(3-10)7-20-12-5-9(14(17,18)19)4-11(16)6-12/h1-6,20-21H,7H2. The highest BCUT2D eigenvalue weighted by molar-refractivity contribution is 6.31. The van der Waals surface area contributed by atoms with Crippen molar-refractivity contribution in [3.63, 3.8) is 0 Å². The maximum absolute atomic E-state index is 12.7. The van der Waals surface area contributed by atoms with E-state index in [2.05, 4.69) is 5.32 Å². The molecule has 0 unspecified atom stereocenters. The highest BCUT2D eigenvalue weighted by Crippen LogP contribution is 2.33. The van der Waals surface area contributed by atoms with Gasteiger partial charge in [0.2, 0.25) is 0 Å². The van der Waals surface area contributed by atoms with Gasteiger partial charge < -0.3 is 10.4 Å². The molecule has 2 N–H and O–H groups in total. The van der Waals surface area contributed by atoms with Crippen molar-refractivity contribution in [2.24, 2.45) is 0 Å². The number of alkyl halides is 3. The molecule has 2 nitrogen and oxygen atoms in total. The number of benzene rings is 2. The van der Waals surface area contributed by atoms with Crippen LogP contribution in [0.4, 0.5) is 18.9 Å². The summed E-state index contributed by atoms with van der Waals surface area (Å²) in [7, 11) is 0. The number of anilines is 1. The summed E-state index contributed by atoms with van der Waals surface area (Å²) in [4.78, 5) is 0. The topological polar surface area (TPSA) is 32.3 Å². The summed E-state index contributed by atoms with van der Waals surface area (Å²) in [5.41, 5.74) is -0.168. The maximum atomic E-state index is 12.7. The molecule has 0 radical (unpaired) electrons. The van der Waals surface area contributed by atoms with Crippen LogP contribution in [0, 0.1) is 0 Å². The largest absolute Gasteiger partial charge is 0.508 e. The molecule has 0 heterocycles. The Bertz CT molecular complexity index is 659. The molecule has 0 atom stereocenters. The smallest absolute Gasteiger partial charge is 0.416 e. The van der Waals surface area contributed by atoms with Crippen molar-refractivity contribution in [2.45, 2.75) is 12.7 Å². The highest BCUT2D eigenvalue weighted by Gasteiger charge is 2.31. The summed E-state index contributed by atoms with van der Waals surface area (Å²) < 4.78 is 38.1. The van der Waals surface area contributed by atoms with Gasteiger partial charge in [-0.1, -0.05) is 23.2 Å². The Kier molecular flexibility index (Phi) is 4.54. The number of rotatable bonds is 3. The van der Waals surface area contributed by atoms with Crippen LogP contribution in [-0.2, 0) is 12.7 Å². The first-order valence-corrected chi connectivity index (χ1v) is 6.60. The molecule has 0 aliphatic rings. The molecule has 0 spiro atoms. The number of phenols is 1. The van der Waals surface area contributed by atoms with Crippen LogP contribution in [0.15, 0.2) is 36.4 Å². The van der Waals surface area contributed by atoms with Crippen LogP contribution in [0.1, 0.15) is 11.1 Å². The van der Waals surface area contributed by atoms with Gasteiger partial charge in [0.05, 0.1) is 5.56 Å². The van der Waals surface area contributed by atoms with E-state index < -0.39 is 11.7 Å². The molecule has 112 valence electrons. The first-order valence-electron chi connectivity index (χ1n) is 5.85. The van der Waals surface area contributed by atoms with Crippen molar-refractivity contribution in [3.05, 3.63) is 57.6 Å². The predicted molar refractivity (Wildman–Crippen MR) is 76.9 cm³/mol. The minimum absolute atomic E-state index is 0.00460. The maximum Gasteiger partial charge on any atom is 0.416 e. The van der Waals surface area contributed by atoms with Crippen molar-refractivity contribution in [1.82, 2.24) is 0 Å². The molecule has 0 saturated carbocycles. The van der Waals surface area contributed by atoms with Gasteiger partial charge in [0.1, 0.15) is 5.75 Å². The Morgan fingerprint density at radius 2 is 1.71 bits per heavy atom. The van der Waals surface area contributed by atoms with Crippen molar-refractivity contribution in [2.75, 3.05) is 5.32 Å². The average Bonchev–Trinajstić information content (AvgIpc) is 2.38. The SMILES string of the molecule is Oc1ccc(Cl)cc1CNc1cc(Cl)cc(C(F)(F)F)c1. The zero-order valence-corrected chi connectivity index (χ0v) is 12.0. The van der Waals surface area contributed by atoms with E-state index in [0.29, 0.717) is 10.6 Å². The normalized spacial score (nSPS) is 11.5. The molecular weight excluding hydrogens is 326 g/mol. The van der Waals surface area contributed by atoms with E-state index in [1.165, 1.54) is 24.3 Å². The number of halogens is 5. The van der Waals surface area contributed by atoms with Crippen LogP contribution >= 0.6 is 23.2 Å². The average molecular weight is 336 g/mol. The van der Waals surface area contributed by atoms with Crippen molar-refractivity contribution in [3.8, 4) is 5.75 Å². The van der Waals surface area contributed by atoms with E-state index in [1.54, 1.807) is 0 Å². The summed E-state index contributed by atoms with van der Waals surface area (Å²) in [6, 6.07) is 7.63. The Labute approximate surface area is 129 Å². The first kappa shape index (κ1) is 15.8. The lowest BCUT2D eigenvalue weighted by Crippen LogP contribution is -2.07. The molecule has 0 bridgehead atoms. The fraction of sp³-hybridized carbons (Fsp3) is 0.143. The lowest BCUT2D eigenvalue weighted by Gasteiger charge is -2.12. The number of phenolic OH excluding ortho intramolecular Hbond substituents is 1. The van der Waals surface area contributed by atoms with Crippen molar-refractivity contribution < 1.29 is 18.3 Å². The second-order valence-electron chi connectivity index (χ2n) is 4.35. The molecule has 0 saturated heterocycles. The molecule has 0 aliphatic carbocycles. The number of hydrogen-bond acceptors (Lipinski definition) is 2. The van der Waals surface area contributed by atoms with Gasteiger partial charge in [0.15, 0.2) is 0 Å². The van der Waals surface area contributed by atoms with Gasteiger partial charge in [0.25, 0.3) is 0 Å². The highest BCUT2D eigenvalue weighted by atomic mass is 35.5. The quantitative estimate of drug-likeness (QED) is 0.794. The van der Waals surface area contributed by atoms with Gasteiger partial charge in [-0.25, -0.2) is 0 Å². The first-order chi connectivity index (χ1) is 9.75. The summed E-state index contributed by atoms with van der Waals surface area (Å²) >= 11 is 11.5. The Morgan fingerprint density at radius 1 is 1.00 bits per heavy atom. The van der Waals surface area contributed by atoms with Crippen LogP contribution < -0.4 is 5.32 Å². The van der Waals surface area contributed by atoms with Gasteiger partial charge in [-0.2, -0.15) is 13.2 Å². The Hall–Kier alpha value is -1.59. The third-order valence-corrected chi connectivity index (χ3v) is 3.20. The summed E-state index contributed by atoms with van der Waals surface area (Å²) in [6.45, 7) is 0.115. The molecule has 2 aromatic carbocycles. The fourth-order valence-electron chi connectivity index (χ4n) is 1.75. The van der Waals surface area contributed by atoms with Gasteiger partial charge >= 0.3 is 6.18 Å². The Morgan fingerprint density at radius 3 is 2.38 bits per heavy atom. The van der Waals surface area contributed by atoms with Gasteiger partial charge in [-0.3, -0.25) is 0 Å². The zero-order valence-electron chi connectivity index (χ0n) is 10.5. The predicted octanol–water partition coefficient (Wildman–Crippen LogP) is 5.33. The molecule has 7 heteroatoms. The third-order valence-electron chi connectivity index (χ3n) is 2.75. The molecular formula is C14H10Cl2F3NO. The number of nitrogens with one attached hydrogen (secondary N) is 1. The van der Waals surface area contributed by atoms with E-state index in [-0.39, 0.29) is 23.0 Å². The molecule has 21 heavy (non-hydrogen) atoms. The van der Waals surface area contributed by atoms with Crippen molar-refractivity contribution >= 4 is 28.9 Å². The summed E-state index contributed by atoms with van der Waals surface area (Å²) in [5.74, 6) is 0.00460. The lowest BCUT2D eigenvalue weighted by atomic mass is 10.1. The summed E-state index contributed by atoms with van der Waals surface area (Å²) in [5, 5.41) is 12.8. The monoisotopic (exact) mass is 335 g/mol. The van der Waals surface area contributed by atoms with Crippen LogP contribution in [0.25, 0.3) is 0 Å². The van der Waals surface area contributed by atoms with Crippen molar-refractivity contribution in [1.29, 1.82) is 0 Å². The van der Waals surface area contributed by atoms with Gasteiger partial charge in [-0.05, 0) is 36.4 Å². The molecule has 0 amide bonds. The van der Waals surface area contributed by atoms with Crippen LogP contribution in [0.3, 0.4) is 0 Å². The second-order valence-corrected chi connectivity index (χ2v) is 5.23. The third kappa shape index (κ3) is 4.19. The van der Waals surface area contributed by atoms with E-state index >= 15 is 0 Å². The molecule has 2 rings (SSSR count). The van der Waals surface area contributed by atoms with Crippen LogP contribution in [0.5, 0.6) is 5.75 Å². The van der Waals surface area contributed by atoms with Crippen LogP contribution in [0.2, 0.25) is 10.0 Å². The fourth-order valence-corrected chi connectivity index (χ4v) is 2.18. The summed E-state index contributed by atoms with van der Waals surface area (Å²) in [6.07, 6.45) is -4.47. The lowest BCUT2D eigenvalue weighted by molar-refractivity contribution is -0.137. The second kappa shape index (κ2) is 6.03. The molecule has 0 fully saturated rings. The molecule has 0 aromatic heterocycles. The molecule has 0 aliphatic heterocycles. The number of aromatic hydroxyl groups is 1. The van der Waals surface area contributed by atoms with Gasteiger partial charge in [0, 0.05) is 27.8 Å². The zero-order chi connectivity index (χ0) is 15.6. The minimum atomic E-state index is -4.47. The van der Waals surface area contributed by atoms with E-state index in [9.17, 15) is 18.3 Å². The van der Waals surface area contributed by atoms with E-state index in [0.717, 1.165) is 12.1 Å². The van der Waals surface area contributed by atoms with Crippen LogP contribution in [-0.4, -0.2) is 5.11 Å². The molecule has 2 aromatic rings.